The molecule has 2 atom stereocenters. The Morgan fingerprint density at radius 1 is 1.10 bits per heavy atom. The molecule has 3 heterocycles. The second kappa shape index (κ2) is 15.4. The zero-order chi connectivity index (χ0) is 37.1. The Bertz CT molecular complexity index is 1900. The average molecular weight is 699 g/mol. The lowest BCUT2D eigenvalue weighted by Crippen LogP contribution is -2.45. The summed E-state index contributed by atoms with van der Waals surface area (Å²) in [4.78, 5) is 20.8. The van der Waals surface area contributed by atoms with Crippen LogP contribution >= 0.6 is 0 Å². The van der Waals surface area contributed by atoms with Crippen LogP contribution in [0.25, 0.3) is 28.0 Å². The Kier molecular flexibility index (Phi) is 11.4. The predicted octanol–water partition coefficient (Wildman–Crippen LogP) is 8.75. The van der Waals surface area contributed by atoms with Crippen molar-refractivity contribution in [2.24, 2.45) is 0 Å². The molecule has 9 nitrogen and oxygen atoms in total. The summed E-state index contributed by atoms with van der Waals surface area (Å²) in [7, 11) is 0. The van der Waals surface area contributed by atoms with Crippen LogP contribution in [-0.4, -0.2) is 64.2 Å². The number of piperidine rings is 1. The summed E-state index contributed by atoms with van der Waals surface area (Å²) in [5, 5.41) is 5.11. The second-order valence-electron chi connectivity index (χ2n) is 14.3. The summed E-state index contributed by atoms with van der Waals surface area (Å²) in [5.74, 6) is 0.308. The molecule has 0 N–H and O–H groups in total. The Hall–Kier alpha value is -4.54. The first-order chi connectivity index (χ1) is 24.2. The number of hydrogen-bond donors (Lipinski definition) is 0. The molecule has 1 fully saturated rings. The number of ether oxygens (including phenoxy) is 4. The molecule has 0 radical (unpaired) electrons. The summed E-state index contributed by atoms with van der Waals surface area (Å²) >= 11 is 0. The van der Waals surface area contributed by atoms with E-state index in [2.05, 4.69) is 25.0 Å². The average Bonchev–Trinajstić information content (AvgIpc) is 3.51. The number of anilines is 1. The van der Waals surface area contributed by atoms with Gasteiger partial charge in [0.15, 0.2) is 11.8 Å². The summed E-state index contributed by atoms with van der Waals surface area (Å²) in [5.41, 5.74) is 3.80. The van der Waals surface area contributed by atoms with Gasteiger partial charge in [0, 0.05) is 30.4 Å². The van der Waals surface area contributed by atoms with Crippen LogP contribution in [0.1, 0.15) is 77.3 Å². The molecule has 5 rings (SSSR count). The van der Waals surface area contributed by atoms with Crippen molar-refractivity contribution in [1.29, 1.82) is 0 Å². The number of fused-ring (bicyclic) bond motifs is 1. The van der Waals surface area contributed by atoms with Gasteiger partial charge in [-0.2, -0.15) is 9.61 Å². The number of hydrogen-bond acceptors (Lipinski definition) is 8. The smallest absolute Gasteiger partial charge is 0.340 e. The molecule has 2 aromatic heterocycles. The number of carbonyl (C=O) groups is 1. The van der Waals surface area contributed by atoms with Gasteiger partial charge >= 0.3 is 5.97 Å². The van der Waals surface area contributed by atoms with Crippen molar-refractivity contribution < 1.29 is 28.1 Å². The standard InChI is InChI=1S/C41H51FN4O5/c1-11-23-49-41(10)19-21-45(22-20-41)38-34(37(39(47)48-13-3)51-40(7,8)9)28(6)43-33-25-31(44-46(33)38)29-15-14-16-30(24-29)35-32(50-27(5)12-2)18-17-26(4)36(35)42/h11-12,14-18,24-25,27,37H,1-2,13,19-23H2,3-10H3/t27-,37-/m0/s1. The number of rotatable bonds is 13. The first-order valence-corrected chi connectivity index (χ1v) is 17.6. The maximum Gasteiger partial charge on any atom is 0.340 e. The van der Waals surface area contributed by atoms with Gasteiger partial charge in [-0.25, -0.2) is 14.2 Å². The third-order valence-corrected chi connectivity index (χ3v) is 9.10. The van der Waals surface area contributed by atoms with Crippen LogP contribution in [0, 0.1) is 19.7 Å². The van der Waals surface area contributed by atoms with E-state index in [0.29, 0.717) is 70.6 Å². The van der Waals surface area contributed by atoms with Crippen LogP contribution in [0.3, 0.4) is 0 Å². The van der Waals surface area contributed by atoms with Gasteiger partial charge in [0.1, 0.15) is 23.5 Å². The minimum atomic E-state index is -1.04. The molecule has 4 aromatic rings. The van der Waals surface area contributed by atoms with E-state index in [4.69, 9.17) is 29.0 Å². The van der Waals surface area contributed by atoms with Crippen LogP contribution in [0.5, 0.6) is 5.75 Å². The molecule has 0 amide bonds. The fourth-order valence-electron chi connectivity index (χ4n) is 6.37. The van der Waals surface area contributed by atoms with Crippen molar-refractivity contribution in [3.63, 3.8) is 0 Å². The van der Waals surface area contributed by atoms with Crippen LogP contribution in [-0.2, 0) is 19.0 Å². The highest BCUT2D eigenvalue weighted by molar-refractivity contribution is 5.81. The summed E-state index contributed by atoms with van der Waals surface area (Å²) in [6, 6.07) is 13.0. The van der Waals surface area contributed by atoms with E-state index < -0.39 is 17.7 Å². The summed E-state index contributed by atoms with van der Waals surface area (Å²) in [6.07, 6.45) is 3.59. The molecule has 10 heteroatoms. The number of esters is 1. The lowest BCUT2D eigenvalue weighted by molar-refractivity contribution is -0.166. The molecule has 0 saturated carbocycles. The topological polar surface area (TPSA) is 87.4 Å². The maximum atomic E-state index is 15.8. The SMILES string of the molecule is C=CCOC1(C)CCN(c2c([C@H](OC(C)(C)C)C(=O)OCC)c(C)nc3cc(-c4cccc(-c5c(O[C@@H](C)C=C)ccc(C)c5F)c4)nn23)CC1. The van der Waals surface area contributed by atoms with Gasteiger partial charge < -0.3 is 23.8 Å². The van der Waals surface area contributed by atoms with Crippen molar-refractivity contribution in [1.82, 2.24) is 14.6 Å². The van der Waals surface area contributed by atoms with Gasteiger partial charge in [0.2, 0.25) is 0 Å². The van der Waals surface area contributed by atoms with E-state index in [9.17, 15) is 4.79 Å². The fourth-order valence-corrected chi connectivity index (χ4v) is 6.37. The van der Waals surface area contributed by atoms with Crippen LogP contribution < -0.4 is 9.64 Å². The fraction of sp³-hybridized carbons (Fsp3) is 0.439. The molecule has 2 aromatic carbocycles. The third kappa shape index (κ3) is 8.34. The molecule has 0 unspecified atom stereocenters. The largest absolute Gasteiger partial charge is 0.486 e. The lowest BCUT2D eigenvalue weighted by Gasteiger charge is -2.41. The van der Waals surface area contributed by atoms with Gasteiger partial charge in [0.25, 0.3) is 0 Å². The van der Waals surface area contributed by atoms with E-state index in [1.165, 1.54) is 0 Å². The number of carbonyl (C=O) groups excluding carboxylic acids is 1. The molecule has 1 saturated heterocycles. The van der Waals surface area contributed by atoms with E-state index in [0.717, 1.165) is 18.4 Å². The van der Waals surface area contributed by atoms with Gasteiger partial charge in [-0.15, -0.1) is 6.58 Å². The molecule has 51 heavy (non-hydrogen) atoms. The van der Waals surface area contributed by atoms with Crippen LogP contribution in [0.2, 0.25) is 0 Å². The second-order valence-corrected chi connectivity index (χ2v) is 14.3. The van der Waals surface area contributed by atoms with Crippen LogP contribution in [0.4, 0.5) is 10.2 Å². The minimum absolute atomic E-state index is 0.207. The van der Waals surface area contributed by atoms with Crippen molar-refractivity contribution in [3.8, 4) is 28.1 Å². The maximum absolute atomic E-state index is 15.8. The zero-order valence-corrected chi connectivity index (χ0v) is 31.2. The zero-order valence-electron chi connectivity index (χ0n) is 31.2. The highest BCUT2D eigenvalue weighted by Gasteiger charge is 2.38. The molecule has 0 aliphatic carbocycles. The third-order valence-electron chi connectivity index (χ3n) is 9.10. The lowest BCUT2D eigenvalue weighted by atomic mass is 9.92. The molecular weight excluding hydrogens is 647 g/mol. The van der Waals surface area contributed by atoms with Gasteiger partial charge in [-0.05, 0) is 91.5 Å². The normalized spacial score (nSPS) is 15.7. The highest BCUT2D eigenvalue weighted by atomic mass is 19.1. The molecule has 272 valence electrons. The predicted molar refractivity (Wildman–Crippen MR) is 200 cm³/mol. The molecule has 0 spiro atoms. The Morgan fingerprint density at radius 3 is 2.45 bits per heavy atom. The van der Waals surface area contributed by atoms with Crippen molar-refractivity contribution >= 4 is 17.4 Å². The van der Waals surface area contributed by atoms with E-state index in [1.54, 1.807) is 42.6 Å². The van der Waals surface area contributed by atoms with E-state index in [-0.39, 0.29) is 24.1 Å². The molecule has 1 aliphatic rings. The van der Waals surface area contributed by atoms with Gasteiger partial charge in [-0.3, -0.25) is 0 Å². The Labute approximate surface area is 301 Å². The van der Waals surface area contributed by atoms with Gasteiger partial charge in [0.05, 0.1) is 41.2 Å². The highest BCUT2D eigenvalue weighted by Crippen LogP contribution is 2.40. The molecular formula is C41H51FN4O5. The number of aryl methyl sites for hydroxylation is 2. The van der Waals surface area contributed by atoms with Crippen molar-refractivity contribution in [3.05, 3.63) is 90.4 Å². The Balaban J connectivity index is 1.68. The van der Waals surface area contributed by atoms with E-state index >= 15 is 4.39 Å². The molecule has 1 aliphatic heterocycles. The van der Waals surface area contributed by atoms with Crippen LogP contribution in [0.15, 0.2) is 67.8 Å². The van der Waals surface area contributed by atoms with Crippen molar-refractivity contribution in [2.45, 2.75) is 91.6 Å². The first-order valence-electron chi connectivity index (χ1n) is 17.6. The molecule has 0 bridgehead atoms. The van der Waals surface area contributed by atoms with E-state index in [1.807, 2.05) is 65.0 Å². The summed E-state index contributed by atoms with van der Waals surface area (Å²) < 4.78 is 41.8. The number of benzene rings is 2. The quantitative estimate of drug-likeness (QED) is 0.101. The number of nitrogens with zero attached hydrogens (tertiary/aromatic N) is 4. The number of aromatic nitrogens is 3. The first kappa shape index (κ1) is 37.7. The minimum Gasteiger partial charge on any atom is -0.486 e. The summed E-state index contributed by atoms with van der Waals surface area (Å²) in [6.45, 7) is 24.7. The number of halogens is 1. The Morgan fingerprint density at radius 2 is 1.80 bits per heavy atom. The van der Waals surface area contributed by atoms with Gasteiger partial charge in [-0.1, -0.05) is 43.0 Å². The van der Waals surface area contributed by atoms with Crippen molar-refractivity contribution in [2.75, 3.05) is 31.2 Å². The monoisotopic (exact) mass is 698 g/mol.